The highest BCUT2D eigenvalue weighted by Crippen LogP contribution is 2.31. The molecule has 0 bridgehead atoms. The Labute approximate surface area is 159 Å². The van der Waals surface area contributed by atoms with Crippen molar-refractivity contribution in [3.05, 3.63) is 70.8 Å². The van der Waals surface area contributed by atoms with Gasteiger partial charge in [-0.25, -0.2) is 4.79 Å². The van der Waals surface area contributed by atoms with Gasteiger partial charge < -0.3 is 14.7 Å². The number of esters is 1. The van der Waals surface area contributed by atoms with Crippen LogP contribution in [0.1, 0.15) is 57.7 Å². The van der Waals surface area contributed by atoms with Crippen LogP contribution >= 0.6 is 0 Å². The zero-order chi connectivity index (χ0) is 19.2. The van der Waals surface area contributed by atoms with Crippen molar-refractivity contribution in [2.24, 2.45) is 0 Å². The minimum absolute atomic E-state index is 0.0667. The van der Waals surface area contributed by atoms with Crippen molar-refractivity contribution in [1.82, 2.24) is 4.90 Å². The van der Waals surface area contributed by atoms with E-state index in [2.05, 4.69) is 6.92 Å². The topological polar surface area (TPSA) is 66.8 Å². The number of ether oxygens (including phenoxy) is 1. The van der Waals surface area contributed by atoms with Crippen LogP contribution in [-0.4, -0.2) is 41.6 Å². The molecular formula is C22H25NO4. The van der Waals surface area contributed by atoms with Gasteiger partial charge >= 0.3 is 5.97 Å². The molecule has 1 N–H and O–H groups in total. The molecule has 2 aromatic carbocycles. The number of carbonyl (C=O) groups is 2. The number of cyclic esters (lactones) is 1. The molecule has 0 aromatic heterocycles. The number of amides is 1. The Hall–Kier alpha value is -2.66. The number of nitrogens with zero attached hydrogens (tertiary/aromatic N) is 1. The lowest BCUT2D eigenvalue weighted by Crippen LogP contribution is -2.34. The first-order valence-electron chi connectivity index (χ1n) is 9.43. The predicted octanol–water partition coefficient (Wildman–Crippen LogP) is 3.38. The quantitative estimate of drug-likeness (QED) is 0.762. The maximum atomic E-state index is 12.9. The lowest BCUT2D eigenvalue weighted by atomic mass is 9.93. The van der Waals surface area contributed by atoms with E-state index in [0.29, 0.717) is 30.6 Å². The SMILES string of the molecule is CCCCN(CCO)C(=O)c1ccc2c(c1)CC(c1ccccc1)OC2=O. The highest BCUT2D eigenvalue weighted by molar-refractivity contribution is 5.97. The molecule has 5 nitrogen and oxygen atoms in total. The first-order valence-corrected chi connectivity index (χ1v) is 9.43. The molecule has 0 aliphatic carbocycles. The van der Waals surface area contributed by atoms with Gasteiger partial charge in [0.05, 0.1) is 12.2 Å². The largest absolute Gasteiger partial charge is 0.454 e. The van der Waals surface area contributed by atoms with Gasteiger partial charge in [0.1, 0.15) is 6.10 Å². The second kappa shape index (κ2) is 8.82. The third-order valence-corrected chi connectivity index (χ3v) is 4.84. The molecule has 0 fully saturated rings. The molecule has 1 aliphatic heterocycles. The van der Waals surface area contributed by atoms with Crippen LogP contribution in [0.15, 0.2) is 48.5 Å². The molecular weight excluding hydrogens is 342 g/mol. The van der Waals surface area contributed by atoms with Gasteiger partial charge in [-0.1, -0.05) is 43.7 Å². The van der Waals surface area contributed by atoms with Crippen LogP contribution < -0.4 is 0 Å². The molecule has 1 amide bonds. The van der Waals surface area contributed by atoms with Crippen LogP contribution in [0.2, 0.25) is 0 Å². The molecule has 0 saturated carbocycles. The van der Waals surface area contributed by atoms with E-state index >= 15 is 0 Å². The first-order chi connectivity index (χ1) is 13.1. The van der Waals surface area contributed by atoms with Crippen LogP contribution in [0.3, 0.4) is 0 Å². The summed E-state index contributed by atoms with van der Waals surface area (Å²) in [6.07, 6.45) is 2.06. The minimum Gasteiger partial charge on any atom is -0.454 e. The van der Waals surface area contributed by atoms with E-state index in [1.807, 2.05) is 30.3 Å². The number of rotatable bonds is 7. The lowest BCUT2D eigenvalue weighted by molar-refractivity contribution is 0.0252. The zero-order valence-corrected chi connectivity index (χ0v) is 15.6. The Bertz CT molecular complexity index is 803. The number of benzene rings is 2. The Morgan fingerprint density at radius 2 is 1.96 bits per heavy atom. The van der Waals surface area contributed by atoms with Crippen LogP contribution in [0.5, 0.6) is 0 Å². The summed E-state index contributed by atoms with van der Waals surface area (Å²) in [5.41, 5.74) is 2.82. The molecule has 0 saturated heterocycles. The maximum absolute atomic E-state index is 12.9. The van der Waals surface area contributed by atoms with E-state index in [0.717, 1.165) is 24.0 Å². The van der Waals surface area contributed by atoms with E-state index in [-0.39, 0.29) is 24.6 Å². The fourth-order valence-corrected chi connectivity index (χ4v) is 3.35. The van der Waals surface area contributed by atoms with Gasteiger partial charge in [-0.05, 0) is 35.7 Å². The van der Waals surface area contributed by atoms with Crippen molar-refractivity contribution in [3.63, 3.8) is 0 Å². The predicted molar refractivity (Wildman–Crippen MR) is 103 cm³/mol. The van der Waals surface area contributed by atoms with Crippen molar-refractivity contribution in [3.8, 4) is 0 Å². The van der Waals surface area contributed by atoms with Crippen LogP contribution in [-0.2, 0) is 11.2 Å². The second-order valence-corrected chi connectivity index (χ2v) is 6.75. The highest BCUT2D eigenvalue weighted by atomic mass is 16.5. The van der Waals surface area contributed by atoms with Crippen molar-refractivity contribution < 1.29 is 19.4 Å². The summed E-state index contributed by atoms with van der Waals surface area (Å²) < 4.78 is 5.57. The van der Waals surface area contributed by atoms with Gasteiger partial charge in [0.25, 0.3) is 5.91 Å². The van der Waals surface area contributed by atoms with Crippen molar-refractivity contribution in [2.75, 3.05) is 19.7 Å². The van der Waals surface area contributed by atoms with Crippen molar-refractivity contribution in [1.29, 1.82) is 0 Å². The molecule has 27 heavy (non-hydrogen) atoms. The number of carbonyl (C=O) groups excluding carboxylic acids is 2. The van der Waals surface area contributed by atoms with Gasteiger partial charge in [0.2, 0.25) is 0 Å². The van der Waals surface area contributed by atoms with E-state index in [1.165, 1.54) is 0 Å². The molecule has 1 atom stereocenters. The van der Waals surface area contributed by atoms with Gasteiger partial charge in [-0.2, -0.15) is 0 Å². The molecule has 1 heterocycles. The summed E-state index contributed by atoms with van der Waals surface area (Å²) in [4.78, 5) is 26.9. The number of fused-ring (bicyclic) bond motifs is 1. The second-order valence-electron chi connectivity index (χ2n) is 6.75. The van der Waals surface area contributed by atoms with Crippen LogP contribution in [0, 0.1) is 0 Å². The zero-order valence-electron chi connectivity index (χ0n) is 15.6. The molecule has 142 valence electrons. The fourth-order valence-electron chi connectivity index (χ4n) is 3.35. The van der Waals surface area contributed by atoms with Crippen molar-refractivity contribution in [2.45, 2.75) is 32.3 Å². The summed E-state index contributed by atoms with van der Waals surface area (Å²) >= 11 is 0. The number of aliphatic hydroxyl groups excluding tert-OH is 1. The van der Waals surface area contributed by atoms with Gasteiger partial charge in [-0.15, -0.1) is 0 Å². The summed E-state index contributed by atoms with van der Waals surface area (Å²) in [7, 11) is 0. The maximum Gasteiger partial charge on any atom is 0.339 e. The summed E-state index contributed by atoms with van der Waals surface area (Å²) in [6.45, 7) is 2.92. The average molecular weight is 367 g/mol. The molecule has 0 radical (unpaired) electrons. The van der Waals surface area contributed by atoms with Crippen LogP contribution in [0.25, 0.3) is 0 Å². The Morgan fingerprint density at radius 1 is 1.19 bits per heavy atom. The molecule has 0 spiro atoms. The molecule has 1 unspecified atom stereocenters. The fraction of sp³-hybridized carbons (Fsp3) is 0.364. The molecule has 5 heteroatoms. The van der Waals surface area contributed by atoms with Gasteiger partial charge in [0.15, 0.2) is 0 Å². The number of hydrogen-bond acceptors (Lipinski definition) is 4. The number of hydrogen-bond donors (Lipinski definition) is 1. The monoisotopic (exact) mass is 367 g/mol. The molecule has 3 rings (SSSR count). The lowest BCUT2D eigenvalue weighted by Gasteiger charge is -2.26. The normalized spacial score (nSPS) is 15.8. The summed E-state index contributed by atoms with van der Waals surface area (Å²) in [6, 6.07) is 14.8. The Balaban J connectivity index is 1.85. The number of aliphatic hydroxyl groups is 1. The van der Waals surface area contributed by atoms with Gasteiger partial charge in [0, 0.05) is 25.1 Å². The smallest absolute Gasteiger partial charge is 0.339 e. The summed E-state index contributed by atoms with van der Waals surface area (Å²) in [5, 5.41) is 9.26. The molecule has 2 aromatic rings. The third kappa shape index (κ3) is 4.37. The first kappa shape index (κ1) is 19.1. The van der Waals surface area contributed by atoms with E-state index in [1.54, 1.807) is 23.1 Å². The van der Waals surface area contributed by atoms with E-state index < -0.39 is 0 Å². The standard InChI is InChI=1S/C22H25NO4/c1-2-3-11-23(12-13-24)21(25)17-9-10-19-18(14-17)15-20(27-22(19)26)16-7-5-4-6-8-16/h4-10,14,20,24H,2-3,11-13,15H2,1H3. The highest BCUT2D eigenvalue weighted by Gasteiger charge is 2.28. The van der Waals surface area contributed by atoms with E-state index in [4.69, 9.17) is 4.74 Å². The van der Waals surface area contributed by atoms with Gasteiger partial charge in [-0.3, -0.25) is 4.79 Å². The van der Waals surface area contributed by atoms with E-state index in [9.17, 15) is 14.7 Å². The Kier molecular flexibility index (Phi) is 6.24. The third-order valence-electron chi connectivity index (χ3n) is 4.84. The minimum atomic E-state index is -0.359. The van der Waals surface area contributed by atoms with Crippen molar-refractivity contribution >= 4 is 11.9 Å². The number of unbranched alkanes of at least 4 members (excludes halogenated alkanes) is 1. The van der Waals surface area contributed by atoms with Crippen LogP contribution in [0.4, 0.5) is 0 Å². The Morgan fingerprint density at radius 3 is 2.67 bits per heavy atom. The average Bonchev–Trinajstić information content (AvgIpc) is 2.70. The molecule has 1 aliphatic rings. The summed E-state index contributed by atoms with van der Waals surface area (Å²) in [5.74, 6) is -0.474.